The molecule has 0 saturated carbocycles. The molecule has 2 rings (SSSR count). The van der Waals surface area contributed by atoms with Crippen molar-refractivity contribution in [2.75, 3.05) is 5.32 Å². The van der Waals surface area contributed by atoms with Crippen molar-refractivity contribution in [1.82, 2.24) is 0 Å². The van der Waals surface area contributed by atoms with Gasteiger partial charge in [-0.25, -0.2) is 0 Å². The molecule has 0 atom stereocenters. The molecule has 2 nitrogen and oxygen atoms in total. The Balaban J connectivity index is 1.96. The zero-order chi connectivity index (χ0) is 14.5. The molecule has 0 aromatic heterocycles. The van der Waals surface area contributed by atoms with Gasteiger partial charge in [-0.05, 0) is 51.8 Å². The molecule has 0 radical (unpaired) electrons. The topological polar surface area (TPSA) is 21.3 Å². The fourth-order valence-electron chi connectivity index (χ4n) is 1.62. The molecule has 0 spiro atoms. The van der Waals surface area contributed by atoms with E-state index in [2.05, 4.69) is 41.9 Å². The Morgan fingerprint density at radius 2 is 1.75 bits per heavy atom. The quantitative estimate of drug-likeness (QED) is 0.715. The molecule has 0 fully saturated rings. The molecule has 0 unspecified atom stereocenters. The second-order valence-electron chi connectivity index (χ2n) is 4.00. The summed E-state index contributed by atoms with van der Waals surface area (Å²) in [5.41, 5.74) is 1.93. The molecule has 2 aromatic carbocycles. The van der Waals surface area contributed by atoms with E-state index in [-0.39, 0.29) is 5.75 Å². The Morgan fingerprint density at radius 3 is 2.35 bits per heavy atom. The lowest BCUT2D eigenvalue weighted by molar-refractivity contribution is -0.0498. The Morgan fingerprint density at radius 1 is 1.05 bits per heavy atom. The minimum absolute atomic E-state index is 0.161. The van der Waals surface area contributed by atoms with Gasteiger partial charge in [-0.1, -0.05) is 28.1 Å². The molecule has 20 heavy (non-hydrogen) atoms. The fourth-order valence-corrected chi connectivity index (χ4v) is 2.81. The third-order valence-electron chi connectivity index (χ3n) is 2.56. The van der Waals surface area contributed by atoms with Crippen LogP contribution < -0.4 is 10.1 Å². The molecule has 0 aliphatic carbocycles. The molecule has 6 heteroatoms. The molecule has 0 aliphatic rings. The summed E-state index contributed by atoms with van der Waals surface area (Å²) in [4.78, 5) is 0. The summed E-state index contributed by atoms with van der Waals surface area (Å²) in [7, 11) is 0. The lowest BCUT2D eigenvalue weighted by Crippen LogP contribution is -2.03. The van der Waals surface area contributed by atoms with Crippen molar-refractivity contribution in [1.29, 1.82) is 0 Å². The van der Waals surface area contributed by atoms with Gasteiger partial charge < -0.3 is 10.1 Å². The van der Waals surface area contributed by atoms with E-state index in [1.54, 1.807) is 12.1 Å². The summed E-state index contributed by atoms with van der Waals surface area (Å²) in [6.45, 7) is -2.20. The van der Waals surface area contributed by atoms with Crippen LogP contribution in [-0.2, 0) is 6.54 Å². The fraction of sp³-hybridized carbons (Fsp3) is 0.143. The number of nitrogens with one attached hydrogen (secondary N) is 1. The first-order chi connectivity index (χ1) is 9.54. The van der Waals surface area contributed by atoms with Crippen LogP contribution in [0.4, 0.5) is 14.5 Å². The average Bonchev–Trinajstić information content (AvgIpc) is 2.39. The van der Waals surface area contributed by atoms with E-state index in [0.29, 0.717) is 6.54 Å². The summed E-state index contributed by atoms with van der Waals surface area (Å²) < 4.78 is 30.3. The first-order valence-corrected chi connectivity index (χ1v) is 7.36. The highest BCUT2D eigenvalue weighted by Crippen LogP contribution is 2.26. The number of ether oxygens (including phenoxy) is 1. The number of alkyl halides is 2. The van der Waals surface area contributed by atoms with Crippen LogP contribution in [0.3, 0.4) is 0 Å². The molecule has 2 aromatic rings. The van der Waals surface area contributed by atoms with Crippen molar-refractivity contribution >= 4 is 37.5 Å². The Labute approximate surface area is 132 Å². The van der Waals surface area contributed by atoms with Gasteiger partial charge in [-0.15, -0.1) is 0 Å². The predicted molar refractivity (Wildman–Crippen MR) is 82.2 cm³/mol. The molecule has 1 N–H and O–H groups in total. The predicted octanol–water partition coefficient (Wildman–Crippen LogP) is 5.43. The lowest BCUT2D eigenvalue weighted by atomic mass is 10.2. The van der Waals surface area contributed by atoms with Crippen molar-refractivity contribution < 1.29 is 13.5 Å². The van der Waals surface area contributed by atoms with E-state index in [4.69, 9.17) is 0 Å². The first-order valence-electron chi connectivity index (χ1n) is 5.77. The van der Waals surface area contributed by atoms with Crippen LogP contribution in [-0.4, -0.2) is 6.61 Å². The summed E-state index contributed by atoms with van der Waals surface area (Å²) in [6.07, 6.45) is 0. The lowest BCUT2D eigenvalue weighted by Gasteiger charge is -2.10. The molecular formula is C14H11Br2F2NO. The number of rotatable bonds is 5. The molecule has 0 heterocycles. The largest absolute Gasteiger partial charge is 0.435 e. The molecule has 0 aliphatic heterocycles. The molecule has 106 valence electrons. The van der Waals surface area contributed by atoms with Crippen LogP contribution >= 0.6 is 31.9 Å². The van der Waals surface area contributed by atoms with Gasteiger partial charge in [0.05, 0.1) is 0 Å². The van der Waals surface area contributed by atoms with Crippen molar-refractivity contribution in [3.05, 3.63) is 57.0 Å². The minimum atomic E-state index is -2.79. The van der Waals surface area contributed by atoms with Crippen LogP contribution in [0.5, 0.6) is 5.75 Å². The summed E-state index contributed by atoms with van der Waals surface area (Å²) in [5.74, 6) is 0.161. The average molecular weight is 407 g/mol. The second kappa shape index (κ2) is 7.04. The third-order valence-corrected chi connectivity index (χ3v) is 3.71. The van der Waals surface area contributed by atoms with Crippen LogP contribution in [0, 0.1) is 0 Å². The molecular weight excluding hydrogens is 396 g/mol. The Bertz CT molecular complexity index is 576. The Hall–Kier alpha value is -1.14. The Kier molecular flexibility index (Phi) is 5.37. The number of hydrogen-bond acceptors (Lipinski definition) is 2. The summed E-state index contributed by atoms with van der Waals surface area (Å²) in [5, 5.41) is 3.26. The number of anilines is 1. The third kappa shape index (κ3) is 4.45. The number of halogens is 4. The highest BCUT2D eigenvalue weighted by Gasteiger charge is 2.04. The van der Waals surface area contributed by atoms with Crippen LogP contribution in [0.25, 0.3) is 0 Å². The SMILES string of the molecule is FC(F)Oc1ccc(CNc2ccc(Br)cc2Br)cc1. The second-order valence-corrected chi connectivity index (χ2v) is 5.77. The van der Waals surface area contributed by atoms with Crippen molar-refractivity contribution in [3.8, 4) is 5.75 Å². The van der Waals surface area contributed by atoms with Crippen molar-refractivity contribution in [2.24, 2.45) is 0 Å². The monoisotopic (exact) mass is 405 g/mol. The zero-order valence-electron chi connectivity index (χ0n) is 10.2. The van der Waals surface area contributed by atoms with Crippen LogP contribution in [0.1, 0.15) is 5.56 Å². The number of benzene rings is 2. The van der Waals surface area contributed by atoms with E-state index in [1.807, 2.05) is 18.2 Å². The normalized spacial score (nSPS) is 10.7. The van der Waals surface area contributed by atoms with Gasteiger partial charge >= 0.3 is 6.61 Å². The van der Waals surface area contributed by atoms with Crippen molar-refractivity contribution in [2.45, 2.75) is 13.2 Å². The highest BCUT2D eigenvalue weighted by atomic mass is 79.9. The molecule has 0 saturated heterocycles. The summed E-state index contributed by atoms with van der Waals surface area (Å²) in [6, 6.07) is 12.4. The van der Waals surface area contributed by atoms with Gasteiger partial charge in [0.15, 0.2) is 0 Å². The van der Waals surface area contributed by atoms with Gasteiger partial charge in [0.1, 0.15) is 5.75 Å². The number of hydrogen-bond donors (Lipinski definition) is 1. The van der Waals surface area contributed by atoms with Gasteiger partial charge in [0, 0.05) is 21.2 Å². The maximum Gasteiger partial charge on any atom is 0.387 e. The van der Waals surface area contributed by atoms with E-state index in [1.165, 1.54) is 12.1 Å². The van der Waals surface area contributed by atoms with Gasteiger partial charge in [-0.3, -0.25) is 0 Å². The van der Waals surface area contributed by atoms with Crippen LogP contribution in [0.2, 0.25) is 0 Å². The van der Waals surface area contributed by atoms with Gasteiger partial charge in [0.25, 0.3) is 0 Å². The van der Waals surface area contributed by atoms with E-state index < -0.39 is 6.61 Å². The van der Waals surface area contributed by atoms with Gasteiger partial charge in [-0.2, -0.15) is 8.78 Å². The van der Waals surface area contributed by atoms with E-state index in [9.17, 15) is 8.78 Å². The van der Waals surface area contributed by atoms with Crippen LogP contribution in [0.15, 0.2) is 51.4 Å². The standard InChI is InChI=1S/C14H11Br2F2NO/c15-10-3-6-13(12(16)7-10)19-8-9-1-4-11(5-2-9)20-14(17)18/h1-7,14,19H,8H2. The zero-order valence-corrected chi connectivity index (χ0v) is 13.4. The minimum Gasteiger partial charge on any atom is -0.435 e. The maximum atomic E-state index is 12.0. The van der Waals surface area contributed by atoms with Crippen molar-refractivity contribution in [3.63, 3.8) is 0 Å². The highest BCUT2D eigenvalue weighted by molar-refractivity contribution is 9.11. The van der Waals surface area contributed by atoms with E-state index >= 15 is 0 Å². The molecule has 0 amide bonds. The van der Waals surface area contributed by atoms with E-state index in [0.717, 1.165) is 20.2 Å². The smallest absolute Gasteiger partial charge is 0.387 e. The molecule has 0 bridgehead atoms. The van der Waals surface area contributed by atoms with Gasteiger partial charge in [0.2, 0.25) is 0 Å². The first kappa shape index (κ1) is 15.3. The maximum absolute atomic E-state index is 12.0. The summed E-state index contributed by atoms with van der Waals surface area (Å²) >= 11 is 6.85.